The zero-order valence-electron chi connectivity index (χ0n) is 17.8. The van der Waals surface area contributed by atoms with Gasteiger partial charge in [0.25, 0.3) is 0 Å². The van der Waals surface area contributed by atoms with Crippen molar-refractivity contribution in [3.63, 3.8) is 0 Å². The molecule has 0 aromatic rings. The lowest BCUT2D eigenvalue weighted by molar-refractivity contribution is 0.0278. The number of carbonyl (C=O) groups is 1. The Morgan fingerprint density at radius 2 is 2.08 bits per heavy atom. The summed E-state index contributed by atoms with van der Waals surface area (Å²) in [4.78, 5) is 20.5. The van der Waals surface area contributed by atoms with Crippen molar-refractivity contribution < 1.29 is 9.53 Å². The second-order valence-electron chi connectivity index (χ2n) is 8.22. The molecule has 0 spiro atoms. The molecule has 1 heterocycles. The molecule has 1 amide bonds. The molecule has 2 unspecified atom stereocenters. The number of amides is 1. The standard InChI is InChI=1S/C19H39N5O2/c1-8-24-11-9-10-16(24)13-22-17(20-6)21-12-15(2)14-23(7)18(25)26-19(3,4)5/h15-16H,8-14H2,1-7H3,(H2,20,21,22). The first-order valence-electron chi connectivity index (χ1n) is 9.79. The van der Waals surface area contributed by atoms with Crippen molar-refractivity contribution in [2.75, 3.05) is 46.8 Å². The number of guanidine groups is 1. The first-order valence-corrected chi connectivity index (χ1v) is 9.79. The number of likely N-dealkylation sites (N-methyl/N-ethyl adjacent to an activating group) is 1. The number of carbonyl (C=O) groups excluding carboxylic acids is 1. The summed E-state index contributed by atoms with van der Waals surface area (Å²) in [6, 6.07) is 0.592. The number of nitrogens with one attached hydrogen (secondary N) is 2. The third-order valence-corrected chi connectivity index (χ3v) is 4.54. The Kier molecular flexibility index (Phi) is 9.19. The van der Waals surface area contributed by atoms with Crippen molar-refractivity contribution >= 4 is 12.1 Å². The highest BCUT2D eigenvalue weighted by atomic mass is 16.6. The van der Waals surface area contributed by atoms with Crippen LogP contribution in [0.3, 0.4) is 0 Å². The molecule has 0 aliphatic carbocycles. The minimum atomic E-state index is -0.467. The Hall–Kier alpha value is -1.50. The lowest BCUT2D eigenvalue weighted by atomic mass is 10.1. The Morgan fingerprint density at radius 1 is 1.38 bits per heavy atom. The SMILES string of the molecule is CCN1CCCC1CNC(=NC)NCC(C)CN(C)C(=O)OC(C)(C)C. The molecular weight excluding hydrogens is 330 g/mol. The van der Waals surface area contributed by atoms with E-state index in [0.717, 1.165) is 25.6 Å². The second-order valence-corrected chi connectivity index (χ2v) is 8.22. The summed E-state index contributed by atoms with van der Waals surface area (Å²) in [6.07, 6.45) is 2.24. The van der Waals surface area contributed by atoms with Crippen molar-refractivity contribution in [3.05, 3.63) is 0 Å². The molecule has 1 fully saturated rings. The summed E-state index contributed by atoms with van der Waals surface area (Å²) in [7, 11) is 3.57. The van der Waals surface area contributed by atoms with E-state index in [1.807, 2.05) is 20.8 Å². The van der Waals surface area contributed by atoms with Crippen molar-refractivity contribution in [2.24, 2.45) is 10.9 Å². The maximum absolute atomic E-state index is 12.0. The fraction of sp³-hybridized carbons (Fsp3) is 0.895. The van der Waals surface area contributed by atoms with Gasteiger partial charge in [-0.3, -0.25) is 9.89 Å². The Balaban J connectivity index is 2.33. The number of hydrogen-bond acceptors (Lipinski definition) is 4. The quantitative estimate of drug-likeness (QED) is 0.531. The number of rotatable bonds is 7. The Bertz CT molecular complexity index is 461. The van der Waals surface area contributed by atoms with Crippen molar-refractivity contribution in [1.82, 2.24) is 20.4 Å². The first kappa shape index (κ1) is 22.5. The number of nitrogens with zero attached hydrogens (tertiary/aromatic N) is 3. The van der Waals surface area contributed by atoms with Crippen molar-refractivity contribution in [2.45, 2.75) is 59.1 Å². The van der Waals surface area contributed by atoms with Crippen LogP contribution in [-0.4, -0.2) is 80.3 Å². The predicted molar refractivity (Wildman–Crippen MR) is 108 cm³/mol. The molecule has 2 N–H and O–H groups in total. The van der Waals surface area contributed by atoms with E-state index in [-0.39, 0.29) is 12.0 Å². The van der Waals surface area contributed by atoms with Crippen LogP contribution in [0, 0.1) is 5.92 Å². The number of hydrogen-bond donors (Lipinski definition) is 2. The van der Waals surface area contributed by atoms with Gasteiger partial charge >= 0.3 is 6.09 Å². The number of aliphatic imine (C=N–C) groups is 1. The molecule has 26 heavy (non-hydrogen) atoms. The summed E-state index contributed by atoms with van der Waals surface area (Å²) in [5.74, 6) is 1.10. The summed E-state index contributed by atoms with van der Waals surface area (Å²) < 4.78 is 5.39. The third-order valence-electron chi connectivity index (χ3n) is 4.54. The van der Waals surface area contributed by atoms with E-state index in [1.165, 1.54) is 19.4 Å². The highest BCUT2D eigenvalue weighted by molar-refractivity contribution is 5.79. The van der Waals surface area contributed by atoms with Gasteiger partial charge in [-0.1, -0.05) is 13.8 Å². The molecule has 1 aliphatic rings. The van der Waals surface area contributed by atoms with Crippen LogP contribution in [0.5, 0.6) is 0 Å². The van der Waals surface area contributed by atoms with Crippen LogP contribution < -0.4 is 10.6 Å². The van der Waals surface area contributed by atoms with E-state index in [2.05, 4.69) is 34.4 Å². The molecule has 1 rings (SSSR count). The minimum absolute atomic E-state index is 0.282. The number of ether oxygens (including phenoxy) is 1. The van der Waals surface area contributed by atoms with Gasteiger partial charge in [0.05, 0.1) is 0 Å². The fourth-order valence-electron chi connectivity index (χ4n) is 3.20. The van der Waals surface area contributed by atoms with Crippen LogP contribution in [0.4, 0.5) is 4.79 Å². The molecule has 0 aromatic carbocycles. The van der Waals surface area contributed by atoms with Crippen LogP contribution in [-0.2, 0) is 4.74 Å². The zero-order valence-corrected chi connectivity index (χ0v) is 17.8. The van der Waals surface area contributed by atoms with Gasteiger partial charge in [-0.05, 0) is 52.6 Å². The average molecular weight is 370 g/mol. The molecular formula is C19H39N5O2. The fourth-order valence-corrected chi connectivity index (χ4v) is 3.20. The lowest BCUT2D eigenvalue weighted by Crippen LogP contribution is -2.46. The van der Waals surface area contributed by atoms with Gasteiger partial charge in [0.1, 0.15) is 5.60 Å². The van der Waals surface area contributed by atoms with Crippen LogP contribution in [0.1, 0.15) is 47.5 Å². The molecule has 0 saturated carbocycles. The summed E-state index contributed by atoms with van der Waals surface area (Å²) in [5, 5.41) is 6.79. The smallest absolute Gasteiger partial charge is 0.410 e. The lowest BCUT2D eigenvalue weighted by Gasteiger charge is -2.27. The largest absolute Gasteiger partial charge is 0.444 e. The average Bonchev–Trinajstić information content (AvgIpc) is 3.00. The van der Waals surface area contributed by atoms with Crippen LogP contribution >= 0.6 is 0 Å². The summed E-state index contributed by atoms with van der Waals surface area (Å²) in [5.41, 5.74) is -0.467. The Morgan fingerprint density at radius 3 is 2.65 bits per heavy atom. The third kappa shape index (κ3) is 8.25. The monoisotopic (exact) mass is 369 g/mol. The summed E-state index contributed by atoms with van der Waals surface area (Å²) >= 11 is 0. The normalized spacial score (nSPS) is 20.0. The maximum Gasteiger partial charge on any atom is 0.410 e. The van der Waals surface area contributed by atoms with E-state index in [0.29, 0.717) is 12.6 Å². The maximum atomic E-state index is 12.0. The molecule has 152 valence electrons. The van der Waals surface area contributed by atoms with Crippen molar-refractivity contribution in [3.8, 4) is 0 Å². The highest BCUT2D eigenvalue weighted by Gasteiger charge is 2.23. The highest BCUT2D eigenvalue weighted by Crippen LogP contribution is 2.15. The van der Waals surface area contributed by atoms with E-state index in [4.69, 9.17) is 4.74 Å². The van der Waals surface area contributed by atoms with Crippen LogP contribution in [0.25, 0.3) is 0 Å². The molecule has 0 aromatic heterocycles. The topological polar surface area (TPSA) is 69.2 Å². The zero-order chi connectivity index (χ0) is 19.7. The molecule has 2 atom stereocenters. The molecule has 0 radical (unpaired) electrons. The van der Waals surface area contributed by atoms with Gasteiger partial charge in [0.15, 0.2) is 5.96 Å². The first-order chi connectivity index (χ1) is 12.2. The van der Waals surface area contributed by atoms with Gasteiger partial charge in [-0.15, -0.1) is 0 Å². The molecule has 1 saturated heterocycles. The summed E-state index contributed by atoms with van der Waals surface area (Å²) in [6.45, 7) is 14.6. The molecule has 1 aliphatic heterocycles. The van der Waals surface area contributed by atoms with Crippen LogP contribution in [0.15, 0.2) is 4.99 Å². The van der Waals surface area contributed by atoms with Gasteiger partial charge < -0.3 is 20.3 Å². The van der Waals surface area contributed by atoms with Crippen LogP contribution in [0.2, 0.25) is 0 Å². The van der Waals surface area contributed by atoms with Crippen molar-refractivity contribution in [1.29, 1.82) is 0 Å². The van der Waals surface area contributed by atoms with E-state index >= 15 is 0 Å². The number of likely N-dealkylation sites (tertiary alicyclic amines) is 1. The van der Waals surface area contributed by atoms with E-state index in [9.17, 15) is 4.79 Å². The van der Waals surface area contributed by atoms with E-state index < -0.39 is 5.60 Å². The van der Waals surface area contributed by atoms with E-state index in [1.54, 1.807) is 19.0 Å². The minimum Gasteiger partial charge on any atom is -0.444 e. The van der Waals surface area contributed by atoms with Gasteiger partial charge in [0.2, 0.25) is 0 Å². The molecule has 7 heteroatoms. The molecule has 0 bridgehead atoms. The Labute approximate surface area is 159 Å². The van der Waals surface area contributed by atoms with Gasteiger partial charge in [-0.25, -0.2) is 4.79 Å². The predicted octanol–water partition coefficient (Wildman–Crippen LogP) is 2.14. The second kappa shape index (κ2) is 10.6. The van der Waals surface area contributed by atoms with Gasteiger partial charge in [0, 0.05) is 39.8 Å². The van der Waals surface area contributed by atoms with Gasteiger partial charge in [-0.2, -0.15) is 0 Å². The molecule has 7 nitrogen and oxygen atoms in total.